The number of methoxy groups -OCH3 is 1. The number of carbonyl (C=O) groups excluding carboxylic acids is 1. The molecule has 1 aliphatic heterocycles. The first-order valence-corrected chi connectivity index (χ1v) is 9.19. The molecule has 0 spiro atoms. The lowest BCUT2D eigenvalue weighted by Gasteiger charge is -2.25. The molecule has 1 saturated heterocycles. The molecule has 9 heteroatoms. The summed E-state index contributed by atoms with van der Waals surface area (Å²) in [5.41, 5.74) is 0.0657. The first kappa shape index (κ1) is 19.6. The molecule has 4 rings (SSSR count). The quantitative estimate of drug-likeness (QED) is 0.673. The highest BCUT2D eigenvalue weighted by atomic mass is 16.6. The number of fused-ring (bicyclic) bond motifs is 1. The van der Waals surface area contributed by atoms with Crippen LogP contribution in [0.25, 0.3) is 22.3 Å². The van der Waals surface area contributed by atoms with Gasteiger partial charge in [-0.2, -0.15) is 0 Å². The molecule has 2 heterocycles. The van der Waals surface area contributed by atoms with Crippen molar-refractivity contribution in [3.8, 4) is 34.3 Å². The van der Waals surface area contributed by atoms with Gasteiger partial charge in [-0.25, -0.2) is 4.79 Å². The summed E-state index contributed by atoms with van der Waals surface area (Å²) in [6.45, 7) is 1.91. The number of benzene rings is 2. The van der Waals surface area contributed by atoms with Crippen LogP contribution in [0.5, 0.6) is 23.0 Å². The predicted octanol–water partition coefficient (Wildman–Crippen LogP) is 2.71. The van der Waals surface area contributed by atoms with Crippen LogP contribution < -0.4 is 14.9 Å². The molecule has 0 unspecified atom stereocenters. The van der Waals surface area contributed by atoms with E-state index in [1.54, 1.807) is 29.2 Å². The molecule has 2 N–H and O–H groups in total. The summed E-state index contributed by atoms with van der Waals surface area (Å²) < 4.78 is 21.2. The van der Waals surface area contributed by atoms with Gasteiger partial charge >= 0.3 is 6.09 Å². The van der Waals surface area contributed by atoms with E-state index in [9.17, 15) is 19.8 Å². The number of rotatable bonds is 3. The first-order chi connectivity index (χ1) is 14.5. The van der Waals surface area contributed by atoms with Crippen molar-refractivity contribution in [3.63, 3.8) is 0 Å². The van der Waals surface area contributed by atoms with Crippen LogP contribution in [-0.4, -0.2) is 54.6 Å². The Morgan fingerprint density at radius 1 is 1.10 bits per heavy atom. The lowest BCUT2D eigenvalue weighted by molar-refractivity contribution is 0.0416. The molecule has 1 aliphatic rings. The van der Waals surface area contributed by atoms with E-state index in [4.69, 9.17) is 18.6 Å². The van der Waals surface area contributed by atoms with Crippen LogP contribution in [0.1, 0.15) is 0 Å². The number of phenols is 2. The zero-order valence-electron chi connectivity index (χ0n) is 16.1. The standard InChI is InChI=1S/C21H19NO8/c1-27-20-15(24)11-17-18(19(20)25)14(23)10-16(30-17)12-2-4-13(5-3-12)29-21(26)22-6-8-28-9-7-22/h2-5,10-11,24-25H,6-9H2,1H3. The molecule has 0 bridgehead atoms. The molecular weight excluding hydrogens is 394 g/mol. The Morgan fingerprint density at radius 3 is 2.47 bits per heavy atom. The summed E-state index contributed by atoms with van der Waals surface area (Å²) in [4.78, 5) is 26.2. The summed E-state index contributed by atoms with van der Waals surface area (Å²) in [5.74, 6) is -0.471. The predicted molar refractivity (Wildman–Crippen MR) is 106 cm³/mol. The topological polar surface area (TPSA) is 119 Å². The van der Waals surface area contributed by atoms with Crippen LogP contribution in [0.4, 0.5) is 4.79 Å². The van der Waals surface area contributed by atoms with E-state index in [0.717, 1.165) is 0 Å². The van der Waals surface area contributed by atoms with Crippen LogP contribution >= 0.6 is 0 Å². The Kier molecular flexibility index (Phi) is 5.20. The van der Waals surface area contributed by atoms with Crippen LogP contribution in [0, 0.1) is 0 Å². The smallest absolute Gasteiger partial charge is 0.415 e. The van der Waals surface area contributed by atoms with E-state index in [-0.39, 0.29) is 28.2 Å². The van der Waals surface area contributed by atoms with Crippen molar-refractivity contribution in [2.45, 2.75) is 0 Å². The number of phenolic OH excluding ortho intramolecular Hbond substituents is 2. The van der Waals surface area contributed by atoms with Crippen LogP contribution in [-0.2, 0) is 4.74 Å². The lowest BCUT2D eigenvalue weighted by Crippen LogP contribution is -2.42. The fraction of sp³-hybridized carbons (Fsp3) is 0.238. The second kappa shape index (κ2) is 7.96. The van der Waals surface area contributed by atoms with E-state index in [2.05, 4.69) is 0 Å². The number of amides is 1. The lowest BCUT2D eigenvalue weighted by atomic mass is 10.1. The summed E-state index contributed by atoms with van der Waals surface area (Å²) >= 11 is 0. The maximum Gasteiger partial charge on any atom is 0.415 e. The Bertz CT molecular complexity index is 1150. The summed E-state index contributed by atoms with van der Waals surface area (Å²) in [6, 6.07) is 8.87. The molecular formula is C21H19NO8. The average Bonchev–Trinajstić information content (AvgIpc) is 2.74. The van der Waals surface area contributed by atoms with Gasteiger partial charge in [0.05, 0.1) is 20.3 Å². The van der Waals surface area contributed by atoms with Crippen molar-refractivity contribution < 1.29 is 33.6 Å². The van der Waals surface area contributed by atoms with Gasteiger partial charge in [-0.15, -0.1) is 0 Å². The monoisotopic (exact) mass is 413 g/mol. The number of ether oxygens (including phenoxy) is 3. The number of nitrogens with zero attached hydrogens (tertiary/aromatic N) is 1. The zero-order valence-corrected chi connectivity index (χ0v) is 16.1. The Labute approximate surface area is 170 Å². The van der Waals surface area contributed by atoms with Gasteiger partial charge in [0.15, 0.2) is 16.9 Å². The van der Waals surface area contributed by atoms with Crippen molar-refractivity contribution >= 4 is 17.1 Å². The summed E-state index contributed by atoms with van der Waals surface area (Å²) in [5, 5.41) is 20.1. The van der Waals surface area contributed by atoms with E-state index in [1.807, 2.05) is 0 Å². The minimum absolute atomic E-state index is 0.0103. The molecule has 1 aromatic heterocycles. The van der Waals surface area contributed by atoms with Crippen molar-refractivity contribution in [2.75, 3.05) is 33.4 Å². The third-order valence-electron chi connectivity index (χ3n) is 4.74. The van der Waals surface area contributed by atoms with Gasteiger partial charge in [-0.3, -0.25) is 4.79 Å². The van der Waals surface area contributed by atoms with Gasteiger partial charge in [0.2, 0.25) is 5.75 Å². The Balaban J connectivity index is 1.61. The zero-order chi connectivity index (χ0) is 21.3. The highest BCUT2D eigenvalue weighted by molar-refractivity contribution is 5.89. The van der Waals surface area contributed by atoms with E-state index in [0.29, 0.717) is 37.6 Å². The normalized spacial score (nSPS) is 14.0. The van der Waals surface area contributed by atoms with Gasteiger partial charge < -0.3 is 33.7 Å². The summed E-state index contributed by atoms with van der Waals surface area (Å²) in [6.07, 6.45) is -0.455. The Morgan fingerprint density at radius 2 is 1.80 bits per heavy atom. The van der Waals surface area contributed by atoms with Crippen molar-refractivity contribution in [2.24, 2.45) is 0 Å². The molecule has 0 saturated carbocycles. The number of morpholine rings is 1. The first-order valence-electron chi connectivity index (χ1n) is 9.19. The summed E-state index contributed by atoms with van der Waals surface area (Å²) in [7, 11) is 1.27. The second-order valence-corrected chi connectivity index (χ2v) is 6.62. The average molecular weight is 413 g/mol. The molecule has 1 fully saturated rings. The molecule has 0 aliphatic carbocycles. The molecule has 3 aromatic rings. The van der Waals surface area contributed by atoms with E-state index < -0.39 is 17.3 Å². The van der Waals surface area contributed by atoms with E-state index in [1.165, 1.54) is 19.2 Å². The maximum absolute atomic E-state index is 12.5. The van der Waals surface area contributed by atoms with Crippen LogP contribution in [0.2, 0.25) is 0 Å². The molecule has 30 heavy (non-hydrogen) atoms. The molecule has 9 nitrogen and oxygen atoms in total. The van der Waals surface area contributed by atoms with Crippen LogP contribution in [0.3, 0.4) is 0 Å². The number of carbonyl (C=O) groups is 1. The van der Waals surface area contributed by atoms with Gasteiger partial charge in [0, 0.05) is 30.8 Å². The third-order valence-corrected chi connectivity index (χ3v) is 4.74. The molecule has 1 amide bonds. The minimum Gasteiger partial charge on any atom is -0.504 e. The molecule has 156 valence electrons. The van der Waals surface area contributed by atoms with Gasteiger partial charge in [0.25, 0.3) is 0 Å². The fourth-order valence-corrected chi connectivity index (χ4v) is 3.21. The van der Waals surface area contributed by atoms with Gasteiger partial charge in [-0.1, -0.05) is 0 Å². The van der Waals surface area contributed by atoms with Gasteiger partial charge in [0.1, 0.15) is 22.5 Å². The third kappa shape index (κ3) is 3.62. The molecule has 0 atom stereocenters. The number of aromatic hydroxyl groups is 2. The number of hydrogen-bond donors (Lipinski definition) is 2. The highest BCUT2D eigenvalue weighted by Gasteiger charge is 2.20. The van der Waals surface area contributed by atoms with Gasteiger partial charge in [-0.05, 0) is 24.3 Å². The second-order valence-electron chi connectivity index (χ2n) is 6.62. The highest BCUT2D eigenvalue weighted by Crippen LogP contribution is 2.41. The maximum atomic E-state index is 12.5. The molecule has 0 radical (unpaired) electrons. The van der Waals surface area contributed by atoms with Crippen molar-refractivity contribution in [1.82, 2.24) is 4.90 Å². The van der Waals surface area contributed by atoms with E-state index >= 15 is 0 Å². The van der Waals surface area contributed by atoms with Crippen molar-refractivity contribution in [1.29, 1.82) is 0 Å². The Hall–Kier alpha value is -3.72. The molecule has 2 aromatic carbocycles. The minimum atomic E-state index is -0.495. The van der Waals surface area contributed by atoms with Crippen molar-refractivity contribution in [3.05, 3.63) is 46.6 Å². The largest absolute Gasteiger partial charge is 0.504 e. The fourth-order valence-electron chi connectivity index (χ4n) is 3.21. The SMILES string of the molecule is COc1c(O)cc2oc(-c3ccc(OC(=O)N4CCOCC4)cc3)cc(=O)c2c1O. The van der Waals surface area contributed by atoms with Crippen LogP contribution in [0.15, 0.2) is 45.6 Å². The number of hydrogen-bond acceptors (Lipinski definition) is 8.